The van der Waals surface area contributed by atoms with Gasteiger partial charge in [0.25, 0.3) is 0 Å². The fourth-order valence-electron chi connectivity index (χ4n) is 5.13. The summed E-state index contributed by atoms with van der Waals surface area (Å²) < 4.78 is 0. The Morgan fingerprint density at radius 3 is 2.25 bits per heavy atom. The molecular weight excluding hydrogens is 274 g/mol. The summed E-state index contributed by atoms with van der Waals surface area (Å²) in [6.45, 7) is 0. The number of carboxylic acid groups (broad SMARTS) is 1. The van der Waals surface area contributed by atoms with E-state index in [2.05, 4.69) is 5.32 Å². The van der Waals surface area contributed by atoms with Crippen LogP contribution in [0.3, 0.4) is 0 Å². The number of hydrogen-bond donors (Lipinski definition) is 2. The summed E-state index contributed by atoms with van der Waals surface area (Å²) in [5.74, 6) is 3.42. The van der Waals surface area contributed by atoms with Gasteiger partial charge < -0.3 is 10.4 Å². The number of rotatable bonds is 7. The number of carboxylic acids is 1. The van der Waals surface area contributed by atoms with Crippen molar-refractivity contribution in [2.75, 3.05) is 11.5 Å². The largest absolute Gasteiger partial charge is 0.480 e. The van der Waals surface area contributed by atoms with E-state index < -0.39 is 12.0 Å². The Morgan fingerprint density at radius 1 is 1.25 bits per heavy atom. The lowest BCUT2D eigenvalue weighted by Crippen LogP contribution is -2.47. The highest BCUT2D eigenvalue weighted by Crippen LogP contribution is 2.60. The number of amides is 1. The Bertz CT molecular complexity index is 363. The van der Waals surface area contributed by atoms with Gasteiger partial charge >= 0.3 is 5.97 Å². The average Bonchev–Trinajstić information content (AvgIpc) is 2.35. The molecule has 4 fully saturated rings. The smallest absolute Gasteiger partial charge is 0.327 e. The van der Waals surface area contributed by atoms with Gasteiger partial charge in [0.15, 0.2) is 0 Å². The average molecular weight is 297 g/mol. The van der Waals surface area contributed by atoms with Crippen LogP contribution in [0.15, 0.2) is 0 Å². The van der Waals surface area contributed by atoms with Crippen LogP contribution in [0.2, 0.25) is 0 Å². The van der Waals surface area contributed by atoms with E-state index >= 15 is 0 Å². The Labute approximate surface area is 124 Å². The number of thioether (sulfide) groups is 1. The maximum absolute atomic E-state index is 11.0. The minimum absolute atomic E-state index is 0.476. The van der Waals surface area contributed by atoms with E-state index in [0.717, 1.165) is 23.5 Å². The van der Waals surface area contributed by atoms with Gasteiger partial charge in [0.1, 0.15) is 6.04 Å². The first-order chi connectivity index (χ1) is 9.60. The summed E-state index contributed by atoms with van der Waals surface area (Å²) in [6.07, 6.45) is 8.86. The highest BCUT2D eigenvalue weighted by Gasteiger charge is 2.50. The molecule has 0 heterocycles. The summed E-state index contributed by atoms with van der Waals surface area (Å²) in [7, 11) is 0. The SMILES string of the molecule is O=CNC(CSCC12CC3CC(CC(C3)C1)C2)C(=O)O. The molecule has 0 aromatic rings. The first kappa shape index (κ1) is 14.2. The Hall–Kier alpha value is -0.710. The molecule has 5 heteroatoms. The van der Waals surface area contributed by atoms with Crippen LogP contribution in [0.1, 0.15) is 38.5 Å². The minimum atomic E-state index is -0.935. The van der Waals surface area contributed by atoms with E-state index in [4.69, 9.17) is 5.11 Å². The Kier molecular flexibility index (Phi) is 3.98. The first-order valence-corrected chi connectivity index (χ1v) is 8.76. The van der Waals surface area contributed by atoms with Gasteiger partial charge in [-0.05, 0) is 67.4 Å². The molecule has 4 nitrogen and oxygen atoms in total. The predicted octanol–water partition coefficient (Wildman–Crippen LogP) is 2.14. The van der Waals surface area contributed by atoms with E-state index in [-0.39, 0.29) is 0 Å². The van der Waals surface area contributed by atoms with Crippen molar-refractivity contribution in [3.63, 3.8) is 0 Å². The number of aliphatic carboxylic acids is 1. The standard InChI is InChI=1S/C15H23NO3S/c17-9-16-13(14(18)19)7-20-8-15-4-10-1-11(5-15)3-12(2-10)6-15/h9-13H,1-8H2,(H,16,17)(H,18,19). The van der Waals surface area contributed by atoms with E-state index in [9.17, 15) is 9.59 Å². The second-order valence-electron chi connectivity index (χ2n) is 7.11. The molecule has 2 N–H and O–H groups in total. The van der Waals surface area contributed by atoms with Crippen LogP contribution in [-0.4, -0.2) is 35.0 Å². The molecule has 112 valence electrons. The molecule has 1 atom stereocenters. The zero-order chi connectivity index (χ0) is 14.2. The number of nitrogens with one attached hydrogen (secondary N) is 1. The molecule has 0 aromatic carbocycles. The first-order valence-electron chi connectivity index (χ1n) is 7.60. The van der Waals surface area contributed by atoms with Crippen molar-refractivity contribution in [3.8, 4) is 0 Å². The number of carbonyl (C=O) groups excluding carboxylic acids is 1. The summed E-state index contributed by atoms with van der Waals surface area (Å²) >= 11 is 1.72. The van der Waals surface area contributed by atoms with Crippen LogP contribution in [0.25, 0.3) is 0 Å². The second kappa shape index (κ2) is 5.58. The van der Waals surface area contributed by atoms with Crippen LogP contribution < -0.4 is 5.32 Å². The van der Waals surface area contributed by atoms with Gasteiger partial charge in [-0.25, -0.2) is 4.79 Å². The van der Waals surface area contributed by atoms with Crippen LogP contribution in [0, 0.1) is 23.2 Å². The maximum Gasteiger partial charge on any atom is 0.327 e. The minimum Gasteiger partial charge on any atom is -0.480 e. The normalized spacial score (nSPS) is 39.5. The summed E-state index contributed by atoms with van der Waals surface area (Å²) in [5, 5.41) is 11.4. The van der Waals surface area contributed by atoms with Crippen molar-refractivity contribution in [2.45, 2.75) is 44.6 Å². The summed E-state index contributed by atoms with van der Waals surface area (Å²) in [5.41, 5.74) is 0.476. The van der Waals surface area contributed by atoms with Crippen molar-refractivity contribution < 1.29 is 14.7 Å². The van der Waals surface area contributed by atoms with E-state index in [1.165, 1.54) is 38.5 Å². The van der Waals surface area contributed by atoms with Crippen LogP contribution in [0.4, 0.5) is 0 Å². The number of hydrogen-bond acceptors (Lipinski definition) is 3. The van der Waals surface area contributed by atoms with Gasteiger partial charge in [0.05, 0.1) is 0 Å². The van der Waals surface area contributed by atoms with Gasteiger partial charge in [0, 0.05) is 5.75 Å². The lowest BCUT2D eigenvalue weighted by molar-refractivity contribution is -0.139. The zero-order valence-corrected chi connectivity index (χ0v) is 12.5. The van der Waals surface area contributed by atoms with Crippen molar-refractivity contribution in [2.24, 2.45) is 23.2 Å². The van der Waals surface area contributed by atoms with Gasteiger partial charge in [-0.3, -0.25) is 4.79 Å². The van der Waals surface area contributed by atoms with E-state index in [0.29, 0.717) is 17.6 Å². The van der Waals surface area contributed by atoms with Gasteiger partial charge in [0.2, 0.25) is 6.41 Å². The Balaban J connectivity index is 1.53. The molecule has 4 bridgehead atoms. The molecule has 1 unspecified atom stereocenters. The molecule has 4 aliphatic rings. The third kappa shape index (κ3) is 2.83. The molecule has 0 aromatic heterocycles. The quantitative estimate of drug-likeness (QED) is 0.707. The van der Waals surface area contributed by atoms with E-state index in [1.54, 1.807) is 11.8 Å². The van der Waals surface area contributed by atoms with Gasteiger partial charge in [-0.2, -0.15) is 11.8 Å². The summed E-state index contributed by atoms with van der Waals surface area (Å²) in [4.78, 5) is 21.4. The monoisotopic (exact) mass is 297 g/mol. The molecule has 0 radical (unpaired) electrons. The lowest BCUT2D eigenvalue weighted by Gasteiger charge is -2.57. The fraction of sp³-hybridized carbons (Fsp3) is 0.867. The third-order valence-electron chi connectivity index (χ3n) is 5.43. The second-order valence-corrected chi connectivity index (χ2v) is 8.14. The lowest BCUT2D eigenvalue weighted by atomic mass is 9.50. The van der Waals surface area contributed by atoms with Crippen molar-refractivity contribution in [1.82, 2.24) is 5.32 Å². The molecule has 0 saturated heterocycles. The maximum atomic E-state index is 11.0. The van der Waals surface area contributed by atoms with Crippen LogP contribution in [-0.2, 0) is 9.59 Å². The molecule has 4 rings (SSSR count). The zero-order valence-electron chi connectivity index (χ0n) is 11.7. The van der Waals surface area contributed by atoms with Gasteiger partial charge in [-0.1, -0.05) is 0 Å². The predicted molar refractivity (Wildman–Crippen MR) is 78.6 cm³/mol. The Morgan fingerprint density at radius 2 is 1.80 bits per heavy atom. The molecule has 1 amide bonds. The third-order valence-corrected chi connectivity index (χ3v) is 6.81. The molecule has 0 aliphatic heterocycles. The van der Waals surface area contributed by atoms with Crippen molar-refractivity contribution >= 4 is 24.1 Å². The topological polar surface area (TPSA) is 66.4 Å². The molecule has 4 saturated carbocycles. The van der Waals surface area contributed by atoms with Crippen LogP contribution >= 0.6 is 11.8 Å². The molecule has 20 heavy (non-hydrogen) atoms. The van der Waals surface area contributed by atoms with Crippen LogP contribution in [0.5, 0.6) is 0 Å². The van der Waals surface area contributed by atoms with Crippen molar-refractivity contribution in [3.05, 3.63) is 0 Å². The molecular formula is C15H23NO3S. The molecule has 4 aliphatic carbocycles. The fourth-order valence-corrected chi connectivity index (χ4v) is 6.51. The number of carbonyl (C=O) groups is 2. The highest BCUT2D eigenvalue weighted by molar-refractivity contribution is 7.99. The van der Waals surface area contributed by atoms with Gasteiger partial charge in [-0.15, -0.1) is 0 Å². The molecule has 0 spiro atoms. The highest BCUT2D eigenvalue weighted by atomic mass is 32.2. The van der Waals surface area contributed by atoms with Crippen molar-refractivity contribution in [1.29, 1.82) is 0 Å². The van der Waals surface area contributed by atoms with E-state index in [1.807, 2.05) is 0 Å². The summed E-state index contributed by atoms with van der Waals surface area (Å²) in [6, 6.07) is -0.744.